The summed E-state index contributed by atoms with van der Waals surface area (Å²) in [5.74, 6) is 0.104. The van der Waals surface area contributed by atoms with Gasteiger partial charge in [0, 0.05) is 13.5 Å². The average Bonchev–Trinajstić information content (AvgIpc) is 2.71. The van der Waals surface area contributed by atoms with Crippen LogP contribution in [0.3, 0.4) is 0 Å². The quantitative estimate of drug-likeness (QED) is 0.784. The Morgan fingerprint density at radius 3 is 2.53 bits per heavy atom. The van der Waals surface area contributed by atoms with Crippen molar-refractivity contribution in [1.82, 2.24) is 9.88 Å². The molecule has 0 N–H and O–H groups in total. The molecule has 0 bridgehead atoms. The van der Waals surface area contributed by atoms with E-state index in [0.29, 0.717) is 0 Å². The predicted octanol–water partition coefficient (Wildman–Crippen LogP) is 3.29. The van der Waals surface area contributed by atoms with Gasteiger partial charge in [0.05, 0.1) is 17.1 Å². The summed E-state index contributed by atoms with van der Waals surface area (Å²) in [5, 5.41) is 1.00. The minimum Gasteiger partial charge on any atom is -0.295 e. The lowest BCUT2D eigenvalue weighted by molar-refractivity contribution is 0.102. The maximum Gasteiger partial charge on any atom is 0.171 e. The third-order valence-corrected chi connectivity index (χ3v) is 4.10. The van der Waals surface area contributed by atoms with Crippen LogP contribution in [0.5, 0.6) is 0 Å². The van der Waals surface area contributed by atoms with Gasteiger partial charge >= 0.3 is 0 Å². The summed E-state index contributed by atoms with van der Waals surface area (Å²) in [6.07, 6.45) is 0. The largest absolute Gasteiger partial charge is 0.295 e. The Bertz CT molecular complexity index is 563. The predicted molar refractivity (Wildman–Crippen MR) is 78.5 cm³/mol. The van der Waals surface area contributed by atoms with Crippen LogP contribution in [-0.4, -0.2) is 22.7 Å². The summed E-state index contributed by atoms with van der Waals surface area (Å²) in [6.45, 7) is 5.15. The molecule has 0 fully saturated rings. The summed E-state index contributed by atoms with van der Waals surface area (Å²) in [6, 6.07) is 10.3. The van der Waals surface area contributed by atoms with E-state index in [2.05, 4.69) is 29.1 Å². The number of rotatable bonds is 5. The van der Waals surface area contributed by atoms with Crippen molar-refractivity contribution in [3.8, 4) is 0 Å². The highest BCUT2D eigenvalue weighted by atomic mass is 32.1. The highest BCUT2D eigenvalue weighted by Crippen LogP contribution is 2.20. The first-order chi connectivity index (χ1) is 9.06. The van der Waals surface area contributed by atoms with Gasteiger partial charge in [0.2, 0.25) is 0 Å². The molecule has 0 saturated carbocycles. The van der Waals surface area contributed by atoms with Gasteiger partial charge in [-0.2, -0.15) is 0 Å². The molecule has 0 amide bonds. The van der Waals surface area contributed by atoms with Gasteiger partial charge in [0.1, 0.15) is 5.01 Å². The molecule has 0 aliphatic carbocycles. The van der Waals surface area contributed by atoms with Crippen molar-refractivity contribution in [1.29, 1.82) is 0 Å². The summed E-state index contributed by atoms with van der Waals surface area (Å²) in [4.78, 5) is 18.9. The number of Topliss-reactive ketones (excluding diaryl/α,β-unsaturated/α-hetero) is 1. The van der Waals surface area contributed by atoms with Crippen LogP contribution in [0.25, 0.3) is 0 Å². The van der Waals surface area contributed by atoms with E-state index in [1.54, 1.807) is 6.92 Å². The molecule has 0 unspecified atom stereocenters. The Morgan fingerprint density at radius 1 is 1.26 bits per heavy atom. The normalized spacial score (nSPS) is 10.9. The molecule has 2 aromatic rings. The molecule has 0 aliphatic heterocycles. The highest BCUT2D eigenvalue weighted by molar-refractivity contribution is 7.13. The number of aryl methyl sites for hydroxylation is 1. The van der Waals surface area contributed by atoms with Gasteiger partial charge in [-0.3, -0.25) is 9.69 Å². The Hall–Kier alpha value is -1.52. The molecule has 0 atom stereocenters. The number of benzene rings is 1. The van der Waals surface area contributed by atoms with E-state index in [1.165, 1.54) is 16.9 Å². The van der Waals surface area contributed by atoms with Crippen LogP contribution in [0, 0.1) is 6.92 Å². The fraction of sp³-hybridized carbons (Fsp3) is 0.333. The second kappa shape index (κ2) is 6.08. The fourth-order valence-electron chi connectivity index (χ4n) is 2.03. The summed E-state index contributed by atoms with van der Waals surface area (Å²) < 4.78 is 0. The van der Waals surface area contributed by atoms with Crippen LogP contribution in [0.2, 0.25) is 0 Å². The molecular formula is C15H18N2OS. The zero-order chi connectivity index (χ0) is 13.8. The van der Waals surface area contributed by atoms with Crippen molar-refractivity contribution in [3.05, 3.63) is 51.5 Å². The van der Waals surface area contributed by atoms with Gasteiger partial charge in [-0.25, -0.2) is 4.98 Å². The monoisotopic (exact) mass is 274 g/mol. The van der Waals surface area contributed by atoms with E-state index < -0.39 is 0 Å². The van der Waals surface area contributed by atoms with Crippen LogP contribution in [-0.2, 0) is 13.1 Å². The molecule has 100 valence electrons. The number of carbonyl (C=O) groups excluding carboxylic acids is 1. The molecule has 4 heteroatoms. The van der Waals surface area contributed by atoms with Crippen molar-refractivity contribution < 1.29 is 4.79 Å². The van der Waals surface area contributed by atoms with Gasteiger partial charge in [-0.15, -0.1) is 11.3 Å². The standard InChI is InChI=1S/C15H18N2OS/c1-11-15(12(2)18)19-14(16-11)10-17(3)9-13-7-5-4-6-8-13/h4-8H,9-10H2,1-3H3. The maximum atomic E-state index is 11.4. The molecule has 3 nitrogen and oxygen atoms in total. The van der Waals surface area contributed by atoms with Crippen molar-refractivity contribution in [2.75, 3.05) is 7.05 Å². The fourth-order valence-corrected chi connectivity index (χ4v) is 3.07. The minimum atomic E-state index is 0.104. The van der Waals surface area contributed by atoms with Gasteiger partial charge in [-0.1, -0.05) is 30.3 Å². The second-order valence-electron chi connectivity index (χ2n) is 4.74. The zero-order valence-corrected chi connectivity index (χ0v) is 12.3. The van der Waals surface area contributed by atoms with Gasteiger partial charge < -0.3 is 0 Å². The minimum absolute atomic E-state index is 0.104. The number of nitrogens with zero attached hydrogens (tertiary/aromatic N) is 2. The lowest BCUT2D eigenvalue weighted by Gasteiger charge is -2.14. The first-order valence-electron chi connectivity index (χ1n) is 6.26. The Balaban J connectivity index is 2.01. The van der Waals surface area contributed by atoms with Crippen LogP contribution >= 0.6 is 11.3 Å². The van der Waals surface area contributed by atoms with Crippen LogP contribution in [0.15, 0.2) is 30.3 Å². The van der Waals surface area contributed by atoms with Crippen LogP contribution < -0.4 is 0 Å². The Morgan fingerprint density at radius 2 is 1.95 bits per heavy atom. The lowest BCUT2D eigenvalue weighted by atomic mass is 10.2. The Labute approximate surface area is 117 Å². The molecule has 0 radical (unpaired) electrons. The van der Waals surface area contributed by atoms with Crippen LogP contribution in [0.1, 0.15) is 32.9 Å². The summed E-state index contributed by atoms with van der Waals surface area (Å²) in [5.41, 5.74) is 2.13. The van der Waals surface area contributed by atoms with E-state index in [9.17, 15) is 4.79 Å². The highest BCUT2D eigenvalue weighted by Gasteiger charge is 2.12. The van der Waals surface area contributed by atoms with Gasteiger partial charge in [-0.05, 0) is 19.5 Å². The lowest BCUT2D eigenvalue weighted by Crippen LogP contribution is -2.16. The number of hydrogen-bond donors (Lipinski definition) is 0. The van der Waals surface area contributed by atoms with Crippen molar-refractivity contribution in [2.45, 2.75) is 26.9 Å². The van der Waals surface area contributed by atoms with E-state index in [-0.39, 0.29) is 5.78 Å². The molecule has 19 heavy (non-hydrogen) atoms. The third kappa shape index (κ3) is 3.72. The van der Waals surface area contributed by atoms with Gasteiger partial charge in [0.15, 0.2) is 5.78 Å². The number of carbonyl (C=O) groups is 1. The van der Waals surface area contributed by atoms with Crippen LogP contribution in [0.4, 0.5) is 0 Å². The first-order valence-corrected chi connectivity index (χ1v) is 7.07. The molecule has 1 aromatic carbocycles. The summed E-state index contributed by atoms with van der Waals surface area (Å²) >= 11 is 1.50. The van der Waals surface area contributed by atoms with E-state index in [0.717, 1.165) is 28.7 Å². The zero-order valence-electron chi connectivity index (χ0n) is 11.5. The third-order valence-electron chi connectivity index (χ3n) is 2.86. The molecule has 1 heterocycles. The molecule has 2 rings (SSSR count). The molecular weight excluding hydrogens is 256 g/mol. The number of thiazole rings is 1. The van der Waals surface area contributed by atoms with E-state index in [4.69, 9.17) is 0 Å². The topological polar surface area (TPSA) is 33.2 Å². The van der Waals surface area contributed by atoms with E-state index in [1.807, 2.05) is 25.1 Å². The van der Waals surface area contributed by atoms with Gasteiger partial charge in [0.25, 0.3) is 0 Å². The van der Waals surface area contributed by atoms with Crippen molar-refractivity contribution in [2.24, 2.45) is 0 Å². The number of hydrogen-bond acceptors (Lipinski definition) is 4. The second-order valence-corrected chi connectivity index (χ2v) is 5.82. The Kier molecular flexibility index (Phi) is 4.45. The molecule has 1 aromatic heterocycles. The SMILES string of the molecule is CC(=O)c1sc(CN(C)Cc2ccccc2)nc1C. The molecule has 0 saturated heterocycles. The number of aromatic nitrogens is 1. The number of ketones is 1. The van der Waals surface area contributed by atoms with E-state index >= 15 is 0 Å². The molecule has 0 spiro atoms. The smallest absolute Gasteiger partial charge is 0.171 e. The van der Waals surface area contributed by atoms with Crippen molar-refractivity contribution in [3.63, 3.8) is 0 Å². The van der Waals surface area contributed by atoms with Crippen molar-refractivity contribution >= 4 is 17.1 Å². The average molecular weight is 274 g/mol. The molecule has 0 aliphatic rings. The first kappa shape index (κ1) is 13.9. The maximum absolute atomic E-state index is 11.4. The summed E-state index contributed by atoms with van der Waals surface area (Å²) in [7, 11) is 2.07.